The topological polar surface area (TPSA) is 67.2 Å². The number of carbonyl (C=O) groups is 1. The second-order valence-electron chi connectivity index (χ2n) is 7.17. The summed E-state index contributed by atoms with van der Waals surface area (Å²) in [7, 11) is 0. The van der Waals surface area contributed by atoms with E-state index >= 15 is 0 Å². The second kappa shape index (κ2) is 8.35. The Hall–Kier alpha value is -2.99. The predicted octanol–water partition coefficient (Wildman–Crippen LogP) is 2.35. The fraction of sp³-hybridized carbons (Fsp3) is 0.318. The molecule has 1 unspecified atom stereocenters. The molecule has 1 aliphatic rings. The third-order valence-corrected chi connectivity index (χ3v) is 5.30. The average Bonchev–Trinajstić information content (AvgIpc) is 3.26. The standard InChI is InChI=1S/C22H24N4O2/c27-21(15-26-16-24-19-11-5-4-10-18(19)22(26)28)23-14-20(25-12-6-7-13-25)17-8-2-1-3-9-17/h1-5,8-11,16,20H,6-7,12-15H2,(H,23,27). The average molecular weight is 376 g/mol. The van der Waals surface area contributed by atoms with Gasteiger partial charge in [0.2, 0.25) is 5.91 Å². The van der Waals surface area contributed by atoms with Gasteiger partial charge >= 0.3 is 0 Å². The molecule has 144 valence electrons. The van der Waals surface area contributed by atoms with E-state index in [0.29, 0.717) is 17.4 Å². The molecule has 2 aromatic carbocycles. The molecule has 2 heterocycles. The van der Waals surface area contributed by atoms with Crippen molar-refractivity contribution in [2.45, 2.75) is 25.4 Å². The Bertz CT molecular complexity index is 1010. The number of rotatable bonds is 6. The molecule has 1 saturated heterocycles. The minimum atomic E-state index is -0.195. The van der Waals surface area contributed by atoms with Gasteiger partial charge in [0.05, 0.1) is 23.3 Å². The first-order valence-corrected chi connectivity index (χ1v) is 9.72. The fourth-order valence-electron chi connectivity index (χ4n) is 3.83. The molecule has 0 bridgehead atoms. The van der Waals surface area contributed by atoms with Gasteiger partial charge in [-0.25, -0.2) is 4.98 Å². The first-order chi connectivity index (χ1) is 13.7. The van der Waals surface area contributed by atoms with Crippen LogP contribution >= 0.6 is 0 Å². The van der Waals surface area contributed by atoms with E-state index < -0.39 is 0 Å². The van der Waals surface area contributed by atoms with Gasteiger partial charge in [-0.1, -0.05) is 42.5 Å². The van der Waals surface area contributed by atoms with Crippen molar-refractivity contribution in [2.75, 3.05) is 19.6 Å². The van der Waals surface area contributed by atoms with E-state index in [9.17, 15) is 9.59 Å². The highest BCUT2D eigenvalue weighted by Crippen LogP contribution is 2.24. The van der Waals surface area contributed by atoms with Crippen molar-refractivity contribution in [2.24, 2.45) is 0 Å². The first-order valence-electron chi connectivity index (χ1n) is 9.72. The van der Waals surface area contributed by atoms with Crippen molar-refractivity contribution in [1.29, 1.82) is 0 Å². The van der Waals surface area contributed by atoms with E-state index in [-0.39, 0.29) is 24.1 Å². The number of hydrogen-bond donors (Lipinski definition) is 1. The van der Waals surface area contributed by atoms with Gasteiger partial charge in [0.1, 0.15) is 6.54 Å². The van der Waals surface area contributed by atoms with Crippen LogP contribution in [0.2, 0.25) is 0 Å². The van der Waals surface area contributed by atoms with Crippen molar-refractivity contribution < 1.29 is 4.79 Å². The summed E-state index contributed by atoms with van der Waals surface area (Å²) >= 11 is 0. The van der Waals surface area contributed by atoms with E-state index in [0.717, 1.165) is 13.1 Å². The molecular weight excluding hydrogens is 352 g/mol. The summed E-state index contributed by atoms with van der Waals surface area (Å²) in [6, 6.07) is 17.6. The van der Waals surface area contributed by atoms with Crippen molar-refractivity contribution in [3.63, 3.8) is 0 Å². The van der Waals surface area contributed by atoms with Gasteiger partial charge in [-0.2, -0.15) is 0 Å². The molecule has 28 heavy (non-hydrogen) atoms. The fourth-order valence-corrected chi connectivity index (χ4v) is 3.83. The Balaban J connectivity index is 1.45. The number of amides is 1. The van der Waals surface area contributed by atoms with Gasteiger partial charge in [0.25, 0.3) is 5.56 Å². The van der Waals surface area contributed by atoms with Crippen LogP contribution in [0.3, 0.4) is 0 Å². The Labute approximate surface area is 163 Å². The van der Waals surface area contributed by atoms with Crippen LogP contribution in [0, 0.1) is 0 Å². The van der Waals surface area contributed by atoms with Crippen LogP contribution in [-0.4, -0.2) is 40.0 Å². The Kier molecular flexibility index (Phi) is 5.48. The summed E-state index contributed by atoms with van der Waals surface area (Å²) in [5.41, 5.74) is 1.65. The Morgan fingerprint density at radius 1 is 1.04 bits per heavy atom. The Morgan fingerprint density at radius 2 is 1.75 bits per heavy atom. The van der Waals surface area contributed by atoms with Crippen LogP contribution in [0.5, 0.6) is 0 Å². The summed E-state index contributed by atoms with van der Waals surface area (Å²) < 4.78 is 1.37. The molecule has 1 amide bonds. The molecule has 1 atom stereocenters. The number of para-hydroxylation sites is 1. The lowest BCUT2D eigenvalue weighted by atomic mass is 10.1. The number of nitrogens with zero attached hydrogens (tertiary/aromatic N) is 3. The molecule has 6 heteroatoms. The summed E-state index contributed by atoms with van der Waals surface area (Å²) in [4.78, 5) is 31.8. The lowest BCUT2D eigenvalue weighted by Gasteiger charge is -2.28. The van der Waals surface area contributed by atoms with Crippen molar-refractivity contribution in [3.05, 3.63) is 76.8 Å². The van der Waals surface area contributed by atoms with Crippen LogP contribution in [0.25, 0.3) is 10.9 Å². The van der Waals surface area contributed by atoms with Gasteiger partial charge in [-0.3, -0.25) is 19.1 Å². The number of hydrogen-bond acceptors (Lipinski definition) is 4. The van der Waals surface area contributed by atoms with E-state index in [1.807, 2.05) is 24.3 Å². The minimum absolute atomic E-state index is 0.0296. The Morgan fingerprint density at radius 3 is 2.54 bits per heavy atom. The van der Waals surface area contributed by atoms with Crippen LogP contribution < -0.4 is 10.9 Å². The van der Waals surface area contributed by atoms with E-state index in [1.165, 1.54) is 29.3 Å². The zero-order valence-corrected chi connectivity index (χ0v) is 15.8. The molecule has 1 fully saturated rings. The quantitative estimate of drug-likeness (QED) is 0.717. The number of benzene rings is 2. The molecule has 0 saturated carbocycles. The summed E-state index contributed by atoms with van der Waals surface area (Å²) in [6.07, 6.45) is 3.82. The van der Waals surface area contributed by atoms with Gasteiger partial charge in [0, 0.05) is 6.54 Å². The zero-order valence-electron chi connectivity index (χ0n) is 15.8. The predicted molar refractivity (Wildman–Crippen MR) is 109 cm³/mol. The molecule has 1 aromatic heterocycles. The highest BCUT2D eigenvalue weighted by Gasteiger charge is 2.23. The monoisotopic (exact) mass is 376 g/mol. The molecule has 3 aromatic rings. The maximum absolute atomic E-state index is 12.6. The molecule has 0 radical (unpaired) electrons. The first kappa shape index (κ1) is 18.4. The highest BCUT2D eigenvalue weighted by molar-refractivity contribution is 5.78. The molecule has 1 N–H and O–H groups in total. The minimum Gasteiger partial charge on any atom is -0.353 e. The van der Waals surface area contributed by atoms with Crippen molar-refractivity contribution in [1.82, 2.24) is 19.8 Å². The van der Waals surface area contributed by atoms with Crippen molar-refractivity contribution in [3.8, 4) is 0 Å². The number of carbonyl (C=O) groups excluding carboxylic acids is 1. The van der Waals surface area contributed by atoms with Crippen LogP contribution in [0.1, 0.15) is 24.4 Å². The molecule has 6 nitrogen and oxygen atoms in total. The van der Waals surface area contributed by atoms with Crippen molar-refractivity contribution >= 4 is 16.8 Å². The number of fused-ring (bicyclic) bond motifs is 1. The largest absolute Gasteiger partial charge is 0.353 e. The van der Waals surface area contributed by atoms with Crippen LogP contribution in [0.4, 0.5) is 0 Å². The maximum Gasteiger partial charge on any atom is 0.261 e. The van der Waals surface area contributed by atoms with Gasteiger partial charge in [-0.15, -0.1) is 0 Å². The maximum atomic E-state index is 12.6. The normalized spacial score (nSPS) is 15.6. The number of likely N-dealkylation sites (tertiary alicyclic amines) is 1. The number of aromatic nitrogens is 2. The SMILES string of the molecule is O=C(Cn1cnc2ccccc2c1=O)NCC(c1ccccc1)N1CCCC1. The summed E-state index contributed by atoms with van der Waals surface area (Å²) in [5.74, 6) is -0.181. The van der Waals surface area contributed by atoms with E-state index in [1.54, 1.807) is 18.2 Å². The zero-order chi connectivity index (χ0) is 19.3. The lowest BCUT2D eigenvalue weighted by Crippen LogP contribution is -2.39. The van der Waals surface area contributed by atoms with Crippen LogP contribution in [-0.2, 0) is 11.3 Å². The van der Waals surface area contributed by atoms with E-state index in [2.05, 4.69) is 27.3 Å². The van der Waals surface area contributed by atoms with E-state index in [4.69, 9.17) is 0 Å². The second-order valence-corrected chi connectivity index (χ2v) is 7.17. The smallest absolute Gasteiger partial charge is 0.261 e. The van der Waals surface area contributed by atoms with Crippen LogP contribution in [0.15, 0.2) is 65.7 Å². The third-order valence-electron chi connectivity index (χ3n) is 5.30. The van der Waals surface area contributed by atoms with Gasteiger partial charge < -0.3 is 5.32 Å². The summed E-state index contributed by atoms with van der Waals surface area (Å²) in [6.45, 7) is 2.59. The third kappa shape index (κ3) is 3.97. The summed E-state index contributed by atoms with van der Waals surface area (Å²) in [5, 5.41) is 3.54. The molecule has 4 rings (SSSR count). The molecular formula is C22H24N4O2. The molecule has 0 spiro atoms. The van der Waals surface area contributed by atoms with Gasteiger partial charge in [0.15, 0.2) is 0 Å². The lowest BCUT2D eigenvalue weighted by molar-refractivity contribution is -0.122. The molecule has 0 aliphatic carbocycles. The highest BCUT2D eigenvalue weighted by atomic mass is 16.2. The molecule has 1 aliphatic heterocycles. The number of nitrogens with one attached hydrogen (secondary N) is 1. The van der Waals surface area contributed by atoms with Gasteiger partial charge in [-0.05, 0) is 43.6 Å².